The van der Waals surface area contributed by atoms with Crippen molar-refractivity contribution < 1.29 is 4.74 Å². The summed E-state index contributed by atoms with van der Waals surface area (Å²) in [5.74, 6) is 0.527. The topological polar surface area (TPSA) is 59.9 Å². The number of aromatic nitrogens is 3. The number of rotatable bonds is 2. The Balaban J connectivity index is 2.50. The Morgan fingerprint density at radius 2 is 2.25 bits per heavy atom. The van der Waals surface area contributed by atoms with E-state index < -0.39 is 0 Å². The number of methoxy groups -OCH3 is 1. The SMILES string of the molecule is COc1ccc(-n2ccc(=O)[nH]c2=S)cn1. The summed E-state index contributed by atoms with van der Waals surface area (Å²) in [4.78, 5) is 17.6. The van der Waals surface area contributed by atoms with Gasteiger partial charge in [-0.3, -0.25) is 14.3 Å². The summed E-state index contributed by atoms with van der Waals surface area (Å²) >= 11 is 5.03. The number of H-pyrrole nitrogens is 1. The van der Waals surface area contributed by atoms with Crippen LogP contribution in [0.4, 0.5) is 0 Å². The van der Waals surface area contributed by atoms with Crippen molar-refractivity contribution in [2.45, 2.75) is 0 Å². The number of ether oxygens (including phenoxy) is 1. The van der Waals surface area contributed by atoms with Gasteiger partial charge in [0, 0.05) is 18.3 Å². The van der Waals surface area contributed by atoms with E-state index in [1.807, 2.05) is 0 Å². The van der Waals surface area contributed by atoms with Gasteiger partial charge >= 0.3 is 0 Å². The maximum absolute atomic E-state index is 11.0. The van der Waals surface area contributed by atoms with Gasteiger partial charge in [0.25, 0.3) is 5.56 Å². The Morgan fingerprint density at radius 1 is 1.44 bits per heavy atom. The molecule has 82 valence electrons. The minimum Gasteiger partial charge on any atom is -0.481 e. The number of aromatic amines is 1. The molecule has 0 saturated carbocycles. The molecular formula is C10H9N3O2S. The van der Waals surface area contributed by atoms with E-state index in [2.05, 4.69) is 9.97 Å². The smallest absolute Gasteiger partial charge is 0.251 e. The fourth-order valence-corrected chi connectivity index (χ4v) is 1.52. The zero-order valence-corrected chi connectivity index (χ0v) is 9.32. The lowest BCUT2D eigenvalue weighted by molar-refractivity contribution is 0.398. The van der Waals surface area contributed by atoms with Crippen molar-refractivity contribution in [1.29, 1.82) is 0 Å². The van der Waals surface area contributed by atoms with E-state index in [-0.39, 0.29) is 5.56 Å². The number of hydrogen-bond acceptors (Lipinski definition) is 4. The van der Waals surface area contributed by atoms with Gasteiger partial charge in [-0.05, 0) is 18.3 Å². The summed E-state index contributed by atoms with van der Waals surface area (Å²) in [6, 6.07) is 4.93. The van der Waals surface area contributed by atoms with Crippen LogP contribution >= 0.6 is 12.2 Å². The van der Waals surface area contributed by atoms with Gasteiger partial charge in [0.05, 0.1) is 19.0 Å². The summed E-state index contributed by atoms with van der Waals surface area (Å²) in [5, 5.41) is 0. The molecule has 0 fully saturated rings. The van der Waals surface area contributed by atoms with E-state index in [0.29, 0.717) is 10.7 Å². The molecule has 0 aliphatic carbocycles. The van der Waals surface area contributed by atoms with Crippen LogP contribution in [-0.2, 0) is 0 Å². The van der Waals surface area contributed by atoms with Gasteiger partial charge in [0.15, 0.2) is 4.77 Å². The van der Waals surface area contributed by atoms with Gasteiger partial charge in [-0.25, -0.2) is 4.98 Å². The van der Waals surface area contributed by atoms with Gasteiger partial charge < -0.3 is 4.74 Å². The Kier molecular flexibility index (Phi) is 2.82. The molecule has 0 atom stereocenters. The normalized spacial score (nSPS) is 10.1. The van der Waals surface area contributed by atoms with Crippen LogP contribution < -0.4 is 10.3 Å². The molecule has 0 aromatic carbocycles. The summed E-state index contributed by atoms with van der Waals surface area (Å²) in [6.07, 6.45) is 3.22. The van der Waals surface area contributed by atoms with Crippen LogP contribution in [0, 0.1) is 4.77 Å². The molecule has 2 aromatic heterocycles. The maximum Gasteiger partial charge on any atom is 0.251 e. The van der Waals surface area contributed by atoms with Crippen molar-refractivity contribution in [3.8, 4) is 11.6 Å². The fraction of sp³-hybridized carbons (Fsp3) is 0.100. The van der Waals surface area contributed by atoms with E-state index in [0.717, 1.165) is 5.69 Å². The summed E-state index contributed by atoms with van der Waals surface area (Å²) in [6.45, 7) is 0. The van der Waals surface area contributed by atoms with Crippen molar-refractivity contribution >= 4 is 12.2 Å². The third-order valence-electron chi connectivity index (χ3n) is 2.03. The monoisotopic (exact) mass is 235 g/mol. The van der Waals surface area contributed by atoms with Crippen LogP contribution in [0.3, 0.4) is 0 Å². The lowest BCUT2D eigenvalue weighted by Crippen LogP contribution is -2.09. The van der Waals surface area contributed by atoms with E-state index in [9.17, 15) is 4.79 Å². The van der Waals surface area contributed by atoms with Gasteiger partial charge in [0.1, 0.15) is 0 Å². The zero-order valence-electron chi connectivity index (χ0n) is 8.51. The Morgan fingerprint density at radius 3 is 2.81 bits per heavy atom. The fourth-order valence-electron chi connectivity index (χ4n) is 1.26. The number of pyridine rings is 1. The van der Waals surface area contributed by atoms with Crippen molar-refractivity contribution in [3.63, 3.8) is 0 Å². The second kappa shape index (κ2) is 4.28. The third-order valence-corrected chi connectivity index (χ3v) is 2.33. The minimum absolute atomic E-state index is 0.220. The molecule has 5 nitrogen and oxygen atoms in total. The molecular weight excluding hydrogens is 226 g/mol. The van der Waals surface area contributed by atoms with Crippen LogP contribution in [0.25, 0.3) is 5.69 Å². The van der Waals surface area contributed by atoms with Gasteiger partial charge in [-0.15, -0.1) is 0 Å². The average molecular weight is 235 g/mol. The molecule has 0 saturated heterocycles. The minimum atomic E-state index is -0.220. The number of nitrogens with zero attached hydrogens (tertiary/aromatic N) is 2. The first-order valence-electron chi connectivity index (χ1n) is 4.53. The van der Waals surface area contributed by atoms with Crippen molar-refractivity contribution in [2.24, 2.45) is 0 Å². The quantitative estimate of drug-likeness (QED) is 0.797. The van der Waals surface area contributed by atoms with E-state index in [4.69, 9.17) is 17.0 Å². The number of nitrogens with one attached hydrogen (secondary N) is 1. The third kappa shape index (κ3) is 2.01. The highest BCUT2D eigenvalue weighted by atomic mass is 32.1. The molecule has 0 unspecified atom stereocenters. The standard InChI is InChI=1S/C10H9N3O2S/c1-15-9-3-2-7(6-11-9)13-5-4-8(14)12-10(13)16/h2-6H,1H3,(H,12,14,16). The first kappa shape index (κ1) is 10.6. The van der Waals surface area contributed by atoms with Crippen molar-refractivity contribution in [2.75, 3.05) is 7.11 Å². The molecule has 0 radical (unpaired) electrons. The summed E-state index contributed by atoms with van der Waals surface area (Å²) < 4.78 is 6.94. The molecule has 0 aliphatic rings. The van der Waals surface area contributed by atoms with Crippen molar-refractivity contribution in [3.05, 3.63) is 45.7 Å². The first-order valence-corrected chi connectivity index (χ1v) is 4.94. The van der Waals surface area contributed by atoms with Crippen LogP contribution in [0.1, 0.15) is 0 Å². The Bertz CT molecular complexity index is 600. The zero-order chi connectivity index (χ0) is 11.5. The molecule has 0 bridgehead atoms. The van der Waals surface area contributed by atoms with E-state index in [1.54, 1.807) is 36.2 Å². The summed E-state index contributed by atoms with van der Waals surface area (Å²) in [5.41, 5.74) is 0.546. The molecule has 16 heavy (non-hydrogen) atoms. The molecule has 2 heterocycles. The molecule has 0 spiro atoms. The molecule has 2 aromatic rings. The molecule has 2 rings (SSSR count). The highest BCUT2D eigenvalue weighted by molar-refractivity contribution is 7.71. The molecule has 6 heteroatoms. The molecule has 1 N–H and O–H groups in total. The van der Waals surface area contributed by atoms with E-state index >= 15 is 0 Å². The van der Waals surface area contributed by atoms with Gasteiger partial charge in [-0.2, -0.15) is 0 Å². The highest BCUT2D eigenvalue weighted by Gasteiger charge is 1.98. The van der Waals surface area contributed by atoms with Crippen LogP contribution in [0.5, 0.6) is 5.88 Å². The van der Waals surface area contributed by atoms with Crippen LogP contribution in [0.2, 0.25) is 0 Å². The largest absolute Gasteiger partial charge is 0.481 e. The molecule has 0 aliphatic heterocycles. The average Bonchev–Trinajstić information content (AvgIpc) is 2.29. The lowest BCUT2D eigenvalue weighted by atomic mass is 10.4. The predicted molar refractivity (Wildman–Crippen MR) is 61.6 cm³/mol. The van der Waals surface area contributed by atoms with E-state index in [1.165, 1.54) is 6.07 Å². The Labute approximate surface area is 96.4 Å². The van der Waals surface area contributed by atoms with Crippen LogP contribution in [0.15, 0.2) is 35.4 Å². The lowest BCUT2D eigenvalue weighted by Gasteiger charge is -2.05. The highest BCUT2D eigenvalue weighted by Crippen LogP contribution is 2.10. The van der Waals surface area contributed by atoms with Crippen LogP contribution in [-0.4, -0.2) is 21.6 Å². The van der Waals surface area contributed by atoms with Gasteiger partial charge in [-0.1, -0.05) is 0 Å². The first-order chi connectivity index (χ1) is 7.70. The number of hydrogen-bond donors (Lipinski definition) is 1. The second-order valence-corrected chi connectivity index (χ2v) is 3.43. The second-order valence-electron chi connectivity index (χ2n) is 3.04. The predicted octanol–water partition coefficient (Wildman–Crippen LogP) is 1.30. The Hall–Kier alpha value is -1.95. The maximum atomic E-state index is 11.0. The molecule has 0 amide bonds. The van der Waals surface area contributed by atoms with Gasteiger partial charge in [0.2, 0.25) is 5.88 Å². The summed E-state index contributed by atoms with van der Waals surface area (Å²) in [7, 11) is 1.55. The van der Waals surface area contributed by atoms with Crippen molar-refractivity contribution in [1.82, 2.24) is 14.5 Å².